The molecule has 0 aliphatic carbocycles. The molecule has 0 radical (unpaired) electrons. The third-order valence-corrected chi connectivity index (χ3v) is 3.82. The van der Waals surface area contributed by atoms with Crippen molar-refractivity contribution in [3.8, 4) is 0 Å². The lowest BCUT2D eigenvalue weighted by molar-refractivity contribution is -0.114. The molecule has 4 heteroatoms. The Morgan fingerprint density at radius 3 is 1.96 bits per heavy atom. The average molecular weight is 310 g/mol. The fraction of sp³-hybridized carbons (Fsp3) is 0.263. The molecule has 23 heavy (non-hydrogen) atoms. The van der Waals surface area contributed by atoms with E-state index in [1.165, 1.54) is 12.5 Å². The smallest absolute Gasteiger partial charge is 0.255 e. The Kier molecular flexibility index (Phi) is 5.52. The molecule has 0 spiro atoms. The lowest BCUT2D eigenvalue weighted by Gasteiger charge is -2.11. The minimum absolute atomic E-state index is 0.136. The van der Waals surface area contributed by atoms with Crippen molar-refractivity contribution < 1.29 is 9.59 Å². The fourth-order valence-electron chi connectivity index (χ4n) is 2.24. The summed E-state index contributed by atoms with van der Waals surface area (Å²) >= 11 is 0. The van der Waals surface area contributed by atoms with Gasteiger partial charge in [-0.15, -0.1) is 0 Å². The number of hydrogen-bond acceptors (Lipinski definition) is 2. The number of amides is 2. The SMILES string of the molecule is CC[C@H](C)c1ccc(NC(=O)c2ccc(NC(C)=O)cc2)cc1. The number of nitrogens with one attached hydrogen (secondary N) is 2. The zero-order chi connectivity index (χ0) is 16.8. The summed E-state index contributed by atoms with van der Waals surface area (Å²) in [7, 11) is 0. The second-order valence-electron chi connectivity index (χ2n) is 5.64. The summed E-state index contributed by atoms with van der Waals surface area (Å²) < 4.78 is 0. The summed E-state index contributed by atoms with van der Waals surface area (Å²) in [6, 6.07) is 14.7. The molecule has 2 rings (SSSR count). The van der Waals surface area contributed by atoms with Crippen molar-refractivity contribution in [2.75, 3.05) is 10.6 Å². The van der Waals surface area contributed by atoms with E-state index in [4.69, 9.17) is 0 Å². The zero-order valence-corrected chi connectivity index (χ0v) is 13.7. The van der Waals surface area contributed by atoms with E-state index in [-0.39, 0.29) is 11.8 Å². The van der Waals surface area contributed by atoms with Crippen LogP contribution in [0.2, 0.25) is 0 Å². The maximum Gasteiger partial charge on any atom is 0.255 e. The van der Waals surface area contributed by atoms with E-state index in [1.807, 2.05) is 24.3 Å². The molecule has 0 heterocycles. The molecule has 0 saturated carbocycles. The van der Waals surface area contributed by atoms with Crippen LogP contribution in [0.5, 0.6) is 0 Å². The van der Waals surface area contributed by atoms with Crippen LogP contribution in [0.15, 0.2) is 48.5 Å². The van der Waals surface area contributed by atoms with Crippen molar-refractivity contribution in [3.05, 3.63) is 59.7 Å². The molecule has 1 atom stereocenters. The third-order valence-electron chi connectivity index (χ3n) is 3.82. The molecule has 2 aromatic carbocycles. The van der Waals surface area contributed by atoms with Gasteiger partial charge in [-0.2, -0.15) is 0 Å². The van der Waals surface area contributed by atoms with Gasteiger partial charge in [0, 0.05) is 23.9 Å². The van der Waals surface area contributed by atoms with Gasteiger partial charge in [-0.1, -0.05) is 26.0 Å². The topological polar surface area (TPSA) is 58.2 Å². The zero-order valence-electron chi connectivity index (χ0n) is 13.7. The highest BCUT2D eigenvalue weighted by Crippen LogP contribution is 2.21. The summed E-state index contributed by atoms with van der Waals surface area (Å²) in [4.78, 5) is 23.2. The number of hydrogen-bond donors (Lipinski definition) is 2. The first-order valence-electron chi connectivity index (χ1n) is 7.78. The normalized spacial score (nSPS) is 11.6. The molecule has 2 amide bonds. The van der Waals surface area contributed by atoms with Gasteiger partial charge in [-0.05, 0) is 54.3 Å². The largest absolute Gasteiger partial charge is 0.326 e. The molecule has 2 aromatic rings. The van der Waals surface area contributed by atoms with Gasteiger partial charge in [-0.25, -0.2) is 0 Å². The molecule has 0 unspecified atom stereocenters. The summed E-state index contributed by atoms with van der Waals surface area (Å²) in [6.07, 6.45) is 1.09. The van der Waals surface area contributed by atoms with Crippen molar-refractivity contribution in [2.45, 2.75) is 33.1 Å². The molecule has 0 fully saturated rings. The monoisotopic (exact) mass is 310 g/mol. The Hall–Kier alpha value is -2.62. The second kappa shape index (κ2) is 7.58. The van der Waals surface area contributed by atoms with Crippen LogP contribution in [-0.4, -0.2) is 11.8 Å². The highest BCUT2D eigenvalue weighted by atomic mass is 16.2. The van der Waals surface area contributed by atoms with Crippen LogP contribution in [-0.2, 0) is 4.79 Å². The lowest BCUT2D eigenvalue weighted by atomic mass is 9.98. The quantitative estimate of drug-likeness (QED) is 0.859. The van der Waals surface area contributed by atoms with Crippen LogP contribution in [0.4, 0.5) is 11.4 Å². The molecule has 0 aromatic heterocycles. The van der Waals surface area contributed by atoms with Gasteiger partial charge >= 0.3 is 0 Å². The molecule has 0 aliphatic heterocycles. The van der Waals surface area contributed by atoms with Crippen LogP contribution in [0, 0.1) is 0 Å². The number of benzene rings is 2. The van der Waals surface area contributed by atoms with Gasteiger partial charge in [0.1, 0.15) is 0 Å². The average Bonchev–Trinajstić information content (AvgIpc) is 2.55. The first kappa shape index (κ1) is 16.7. The van der Waals surface area contributed by atoms with Crippen molar-refractivity contribution >= 4 is 23.2 Å². The van der Waals surface area contributed by atoms with Crippen molar-refractivity contribution in [3.63, 3.8) is 0 Å². The summed E-state index contributed by atoms with van der Waals surface area (Å²) in [5, 5.41) is 5.55. The first-order valence-corrected chi connectivity index (χ1v) is 7.78. The maximum absolute atomic E-state index is 12.2. The predicted octanol–water partition coefficient (Wildman–Crippen LogP) is 4.41. The van der Waals surface area contributed by atoms with Crippen LogP contribution in [0.3, 0.4) is 0 Å². The van der Waals surface area contributed by atoms with E-state index in [9.17, 15) is 9.59 Å². The summed E-state index contributed by atoms with van der Waals surface area (Å²) in [5.74, 6) is 0.209. The number of anilines is 2. The van der Waals surface area contributed by atoms with E-state index in [0.29, 0.717) is 17.2 Å². The molecule has 0 saturated heterocycles. The Morgan fingerprint density at radius 1 is 0.913 bits per heavy atom. The second-order valence-corrected chi connectivity index (χ2v) is 5.64. The highest BCUT2D eigenvalue weighted by Gasteiger charge is 2.07. The number of carbonyl (C=O) groups excluding carboxylic acids is 2. The van der Waals surface area contributed by atoms with Gasteiger partial charge in [0.25, 0.3) is 5.91 Å². The molecular formula is C19H22N2O2. The highest BCUT2D eigenvalue weighted by molar-refractivity contribution is 6.04. The summed E-state index contributed by atoms with van der Waals surface area (Å²) in [5.41, 5.74) is 3.26. The minimum Gasteiger partial charge on any atom is -0.326 e. The van der Waals surface area contributed by atoms with E-state index >= 15 is 0 Å². The lowest BCUT2D eigenvalue weighted by Crippen LogP contribution is -2.12. The van der Waals surface area contributed by atoms with E-state index < -0.39 is 0 Å². The Balaban J connectivity index is 2.02. The Morgan fingerprint density at radius 2 is 1.43 bits per heavy atom. The van der Waals surface area contributed by atoms with Crippen molar-refractivity contribution in [2.24, 2.45) is 0 Å². The van der Waals surface area contributed by atoms with Gasteiger partial charge < -0.3 is 10.6 Å². The standard InChI is InChI=1S/C19H22N2O2/c1-4-13(2)15-5-9-18(10-6-15)21-19(23)16-7-11-17(12-8-16)20-14(3)22/h5-13H,4H2,1-3H3,(H,20,22)(H,21,23)/t13-/m0/s1. The van der Waals surface area contributed by atoms with Gasteiger partial charge in [-0.3, -0.25) is 9.59 Å². The molecule has 0 aliphatic rings. The van der Waals surface area contributed by atoms with Gasteiger partial charge in [0.15, 0.2) is 0 Å². The molecule has 4 nitrogen and oxygen atoms in total. The van der Waals surface area contributed by atoms with Gasteiger partial charge in [0.05, 0.1) is 0 Å². The Bertz CT molecular complexity index is 676. The molecule has 120 valence electrons. The minimum atomic E-state index is -0.171. The Labute approximate surface area is 136 Å². The van der Waals surface area contributed by atoms with Crippen LogP contribution >= 0.6 is 0 Å². The third kappa shape index (κ3) is 4.68. The van der Waals surface area contributed by atoms with Crippen LogP contribution < -0.4 is 10.6 Å². The van der Waals surface area contributed by atoms with Crippen LogP contribution in [0.25, 0.3) is 0 Å². The predicted molar refractivity (Wildman–Crippen MR) is 93.8 cm³/mol. The van der Waals surface area contributed by atoms with E-state index in [0.717, 1.165) is 12.1 Å². The van der Waals surface area contributed by atoms with Crippen molar-refractivity contribution in [1.82, 2.24) is 0 Å². The first-order chi connectivity index (χ1) is 11.0. The van der Waals surface area contributed by atoms with E-state index in [2.05, 4.69) is 24.5 Å². The number of rotatable bonds is 5. The summed E-state index contributed by atoms with van der Waals surface area (Å²) in [6.45, 7) is 5.79. The molecule has 2 N–H and O–H groups in total. The van der Waals surface area contributed by atoms with Crippen molar-refractivity contribution in [1.29, 1.82) is 0 Å². The van der Waals surface area contributed by atoms with Gasteiger partial charge in [0.2, 0.25) is 5.91 Å². The van der Waals surface area contributed by atoms with E-state index in [1.54, 1.807) is 24.3 Å². The fourth-order valence-corrected chi connectivity index (χ4v) is 2.24. The molecule has 0 bridgehead atoms. The maximum atomic E-state index is 12.2. The number of carbonyl (C=O) groups is 2. The van der Waals surface area contributed by atoms with Crippen LogP contribution in [0.1, 0.15) is 49.0 Å². The molecular weight excluding hydrogens is 288 g/mol.